The van der Waals surface area contributed by atoms with Crippen molar-refractivity contribution in [3.05, 3.63) is 35.4 Å². The van der Waals surface area contributed by atoms with Crippen molar-refractivity contribution >= 4 is 0 Å². The maximum absolute atomic E-state index is 6.06. The van der Waals surface area contributed by atoms with Gasteiger partial charge < -0.3 is 4.74 Å². The Bertz CT molecular complexity index is 510. The van der Waals surface area contributed by atoms with Gasteiger partial charge in [-0.05, 0) is 40.7 Å². The first-order chi connectivity index (χ1) is 9.89. The summed E-state index contributed by atoms with van der Waals surface area (Å²) in [5.74, 6) is 6.48. The maximum atomic E-state index is 6.06. The number of hydrogen-bond donors (Lipinski definition) is 2. The van der Waals surface area contributed by atoms with Gasteiger partial charge in [0.2, 0.25) is 0 Å². The number of hydrogen-bond acceptors (Lipinski definition) is 3. The van der Waals surface area contributed by atoms with Crippen LogP contribution in [0.25, 0.3) is 0 Å². The van der Waals surface area contributed by atoms with E-state index in [2.05, 4.69) is 57.4 Å². The molecule has 2 unspecified atom stereocenters. The van der Waals surface area contributed by atoms with Gasteiger partial charge in [-0.1, -0.05) is 52.0 Å². The van der Waals surface area contributed by atoms with Crippen molar-refractivity contribution in [3.8, 4) is 0 Å². The fourth-order valence-corrected chi connectivity index (χ4v) is 4.46. The van der Waals surface area contributed by atoms with Gasteiger partial charge in [0.1, 0.15) is 0 Å². The van der Waals surface area contributed by atoms with Crippen LogP contribution in [0.15, 0.2) is 24.3 Å². The van der Waals surface area contributed by atoms with Crippen LogP contribution in [0.3, 0.4) is 0 Å². The molecule has 1 heterocycles. The summed E-state index contributed by atoms with van der Waals surface area (Å²) in [4.78, 5) is 0. The first kappa shape index (κ1) is 15.0. The first-order valence-corrected chi connectivity index (χ1v) is 8.05. The second-order valence-electron chi connectivity index (χ2n) is 7.74. The van der Waals surface area contributed by atoms with E-state index in [0.29, 0.717) is 22.8 Å². The lowest BCUT2D eigenvalue weighted by Gasteiger charge is -2.30. The summed E-state index contributed by atoms with van der Waals surface area (Å²) < 4.78 is 6.06. The summed E-state index contributed by atoms with van der Waals surface area (Å²) >= 11 is 0. The van der Waals surface area contributed by atoms with Gasteiger partial charge in [0.25, 0.3) is 0 Å². The first-order valence-electron chi connectivity index (χ1n) is 8.05. The van der Waals surface area contributed by atoms with Gasteiger partial charge in [-0.2, -0.15) is 0 Å². The average molecular weight is 288 g/mol. The normalized spacial score (nSPS) is 28.0. The summed E-state index contributed by atoms with van der Waals surface area (Å²) in [5.41, 5.74) is 6.51. The third kappa shape index (κ3) is 2.32. The van der Waals surface area contributed by atoms with E-state index in [0.717, 1.165) is 19.4 Å². The molecule has 1 fully saturated rings. The zero-order valence-corrected chi connectivity index (χ0v) is 13.6. The standard InChI is InChI=1S/C18H28N2O/c1-17(2)16(18(17,3)4)14(20-19)11-15-13-8-6-5-7-12(13)9-10-21-15/h5-8,14-16,20H,9-11,19H2,1-4H3. The molecule has 2 atom stereocenters. The average Bonchev–Trinajstić information content (AvgIpc) is 2.87. The van der Waals surface area contributed by atoms with Gasteiger partial charge in [-0.15, -0.1) is 0 Å². The van der Waals surface area contributed by atoms with Crippen LogP contribution in [0, 0.1) is 16.7 Å². The van der Waals surface area contributed by atoms with Gasteiger partial charge in [-0.3, -0.25) is 11.3 Å². The molecule has 1 aromatic rings. The molecule has 0 radical (unpaired) electrons. The van der Waals surface area contributed by atoms with E-state index in [1.165, 1.54) is 11.1 Å². The van der Waals surface area contributed by atoms with Crippen molar-refractivity contribution in [1.82, 2.24) is 5.43 Å². The number of fused-ring (bicyclic) bond motifs is 1. The third-order valence-corrected chi connectivity index (χ3v) is 6.31. The molecular formula is C18H28N2O. The molecule has 116 valence electrons. The second kappa shape index (κ2) is 5.08. The molecule has 3 N–H and O–H groups in total. The Morgan fingerprint density at radius 1 is 1.24 bits per heavy atom. The molecular weight excluding hydrogens is 260 g/mol. The highest BCUT2D eigenvalue weighted by Crippen LogP contribution is 2.70. The minimum absolute atomic E-state index is 0.170. The van der Waals surface area contributed by atoms with Crippen molar-refractivity contribution in [2.75, 3.05) is 6.61 Å². The fraction of sp³-hybridized carbons (Fsp3) is 0.667. The number of hydrazine groups is 1. The second-order valence-corrected chi connectivity index (χ2v) is 7.74. The highest BCUT2D eigenvalue weighted by atomic mass is 16.5. The topological polar surface area (TPSA) is 47.3 Å². The predicted molar refractivity (Wildman–Crippen MR) is 85.6 cm³/mol. The smallest absolute Gasteiger partial charge is 0.0843 e. The molecule has 21 heavy (non-hydrogen) atoms. The summed E-state index contributed by atoms with van der Waals surface area (Å²) in [7, 11) is 0. The summed E-state index contributed by atoms with van der Waals surface area (Å²) in [5, 5.41) is 0. The molecule has 1 aliphatic heterocycles. The number of nitrogens with one attached hydrogen (secondary N) is 1. The predicted octanol–water partition coefficient (Wildman–Crippen LogP) is 3.20. The summed E-state index contributed by atoms with van der Waals surface area (Å²) in [6, 6.07) is 8.95. The Labute approximate surface area is 128 Å². The molecule has 3 rings (SSSR count). The Morgan fingerprint density at radius 3 is 2.52 bits per heavy atom. The van der Waals surface area contributed by atoms with Gasteiger partial charge in [-0.25, -0.2) is 0 Å². The Balaban J connectivity index is 1.78. The van der Waals surface area contributed by atoms with E-state index in [-0.39, 0.29) is 6.10 Å². The molecule has 0 bridgehead atoms. The number of rotatable bonds is 4. The molecule has 0 aromatic heterocycles. The molecule has 2 aliphatic rings. The van der Waals surface area contributed by atoms with E-state index in [1.807, 2.05) is 0 Å². The van der Waals surface area contributed by atoms with Gasteiger partial charge >= 0.3 is 0 Å². The fourth-order valence-electron chi connectivity index (χ4n) is 4.46. The van der Waals surface area contributed by atoms with Crippen LogP contribution in [0.5, 0.6) is 0 Å². The van der Waals surface area contributed by atoms with Crippen LogP contribution in [-0.4, -0.2) is 12.6 Å². The largest absolute Gasteiger partial charge is 0.373 e. The van der Waals surface area contributed by atoms with E-state index < -0.39 is 0 Å². The zero-order chi connectivity index (χ0) is 15.3. The maximum Gasteiger partial charge on any atom is 0.0843 e. The quantitative estimate of drug-likeness (QED) is 0.660. The van der Waals surface area contributed by atoms with Gasteiger partial charge in [0.05, 0.1) is 12.7 Å². The lowest BCUT2D eigenvalue weighted by Crippen LogP contribution is -2.40. The van der Waals surface area contributed by atoms with Crippen LogP contribution < -0.4 is 11.3 Å². The van der Waals surface area contributed by atoms with E-state index in [9.17, 15) is 0 Å². The highest BCUT2D eigenvalue weighted by molar-refractivity contribution is 5.31. The molecule has 1 saturated carbocycles. The molecule has 0 amide bonds. The van der Waals surface area contributed by atoms with Gasteiger partial charge in [0.15, 0.2) is 0 Å². The lowest BCUT2D eigenvalue weighted by atomic mass is 9.90. The van der Waals surface area contributed by atoms with Crippen molar-refractivity contribution < 1.29 is 4.74 Å². The summed E-state index contributed by atoms with van der Waals surface area (Å²) in [6.07, 6.45) is 2.14. The molecule has 1 aromatic carbocycles. The number of benzene rings is 1. The van der Waals surface area contributed by atoms with Gasteiger partial charge in [0, 0.05) is 6.04 Å². The van der Waals surface area contributed by atoms with Crippen molar-refractivity contribution in [2.24, 2.45) is 22.6 Å². The van der Waals surface area contributed by atoms with Crippen molar-refractivity contribution in [2.45, 2.75) is 52.7 Å². The molecule has 0 saturated heterocycles. The van der Waals surface area contributed by atoms with E-state index in [1.54, 1.807) is 0 Å². The Kier molecular flexibility index (Phi) is 3.63. The minimum Gasteiger partial charge on any atom is -0.373 e. The lowest BCUT2D eigenvalue weighted by molar-refractivity contribution is 0.0262. The third-order valence-electron chi connectivity index (χ3n) is 6.31. The monoisotopic (exact) mass is 288 g/mol. The zero-order valence-electron chi connectivity index (χ0n) is 13.6. The highest BCUT2D eigenvalue weighted by Gasteiger charge is 2.67. The molecule has 0 spiro atoms. The van der Waals surface area contributed by atoms with Crippen LogP contribution in [-0.2, 0) is 11.2 Å². The molecule has 3 heteroatoms. The van der Waals surface area contributed by atoms with Crippen LogP contribution in [0.2, 0.25) is 0 Å². The van der Waals surface area contributed by atoms with Crippen LogP contribution in [0.4, 0.5) is 0 Å². The van der Waals surface area contributed by atoms with Crippen LogP contribution in [0.1, 0.15) is 51.3 Å². The van der Waals surface area contributed by atoms with Crippen LogP contribution >= 0.6 is 0 Å². The van der Waals surface area contributed by atoms with E-state index in [4.69, 9.17) is 10.6 Å². The molecule has 1 aliphatic carbocycles. The Hall–Kier alpha value is -0.900. The number of nitrogens with two attached hydrogens (primary N) is 1. The molecule has 3 nitrogen and oxygen atoms in total. The summed E-state index contributed by atoms with van der Waals surface area (Å²) in [6.45, 7) is 10.2. The minimum atomic E-state index is 0.170. The SMILES string of the molecule is CC1(C)C(C(CC2OCCc3ccccc32)NN)C1(C)C. The Morgan fingerprint density at radius 2 is 1.90 bits per heavy atom. The number of ether oxygens (including phenoxy) is 1. The van der Waals surface area contributed by atoms with Crippen molar-refractivity contribution in [1.29, 1.82) is 0 Å². The van der Waals surface area contributed by atoms with E-state index >= 15 is 0 Å². The van der Waals surface area contributed by atoms with Crippen molar-refractivity contribution in [3.63, 3.8) is 0 Å².